The molecule has 1 saturated heterocycles. The number of rotatable bonds is 5. The summed E-state index contributed by atoms with van der Waals surface area (Å²) in [7, 11) is 0. The average Bonchev–Trinajstić information content (AvgIpc) is 2.85. The molecule has 3 amide bonds. The van der Waals surface area contributed by atoms with E-state index in [2.05, 4.69) is 10.2 Å². The highest BCUT2D eigenvalue weighted by Crippen LogP contribution is 2.25. The first-order valence-electron chi connectivity index (χ1n) is 8.95. The lowest BCUT2D eigenvalue weighted by molar-refractivity contribution is -0.132. The third-order valence-corrected chi connectivity index (χ3v) is 5.26. The van der Waals surface area contributed by atoms with Crippen LogP contribution in [0.1, 0.15) is 20.3 Å². The highest BCUT2D eigenvalue weighted by Gasteiger charge is 2.22. The smallest absolute Gasteiger partial charge is 0.321 e. The molecule has 0 radical (unpaired) electrons. The van der Waals surface area contributed by atoms with Crippen LogP contribution >= 0.6 is 23.2 Å². The maximum Gasteiger partial charge on any atom is 0.321 e. The minimum Gasteiger partial charge on any atom is -0.342 e. The fraction of sp³-hybridized carbons (Fsp3) is 0.556. The van der Waals surface area contributed by atoms with E-state index in [1.807, 2.05) is 18.7 Å². The number of hydrogen-bond acceptors (Lipinski definition) is 3. The van der Waals surface area contributed by atoms with Gasteiger partial charge in [0.2, 0.25) is 5.91 Å². The first-order chi connectivity index (χ1) is 12.4. The Balaban J connectivity index is 1.88. The van der Waals surface area contributed by atoms with Gasteiger partial charge in [0.25, 0.3) is 0 Å². The fourth-order valence-corrected chi connectivity index (χ4v) is 3.27. The molecule has 0 unspecified atom stereocenters. The predicted octanol–water partition coefficient (Wildman–Crippen LogP) is 3.40. The van der Waals surface area contributed by atoms with E-state index in [1.54, 1.807) is 23.1 Å². The monoisotopic (exact) mass is 400 g/mol. The Bertz CT molecular complexity index is 638. The number of nitrogens with zero attached hydrogens (tertiary/aromatic N) is 3. The molecule has 0 aromatic heterocycles. The van der Waals surface area contributed by atoms with Gasteiger partial charge in [-0.05, 0) is 38.5 Å². The van der Waals surface area contributed by atoms with E-state index in [4.69, 9.17) is 23.2 Å². The van der Waals surface area contributed by atoms with Gasteiger partial charge >= 0.3 is 6.03 Å². The van der Waals surface area contributed by atoms with Crippen LogP contribution < -0.4 is 5.32 Å². The predicted molar refractivity (Wildman–Crippen MR) is 106 cm³/mol. The summed E-state index contributed by atoms with van der Waals surface area (Å²) in [6.07, 6.45) is 0.834. The summed E-state index contributed by atoms with van der Waals surface area (Å²) in [6.45, 7) is 8.55. The quantitative estimate of drug-likeness (QED) is 0.823. The lowest BCUT2D eigenvalue weighted by atomic mass is 10.3. The van der Waals surface area contributed by atoms with Gasteiger partial charge in [0, 0.05) is 45.0 Å². The molecule has 1 fully saturated rings. The molecular formula is C18H26Cl2N4O2. The number of anilines is 1. The van der Waals surface area contributed by atoms with Crippen molar-refractivity contribution in [3.63, 3.8) is 0 Å². The van der Waals surface area contributed by atoms with Crippen molar-refractivity contribution in [2.45, 2.75) is 20.3 Å². The number of nitrogens with one attached hydrogen (secondary N) is 1. The second-order valence-corrected chi connectivity index (χ2v) is 7.06. The van der Waals surface area contributed by atoms with Gasteiger partial charge in [-0.15, -0.1) is 0 Å². The van der Waals surface area contributed by atoms with Gasteiger partial charge in [0.05, 0.1) is 16.6 Å². The van der Waals surface area contributed by atoms with E-state index in [1.165, 1.54) is 0 Å². The number of carbonyl (C=O) groups excluding carboxylic acids is 2. The Labute approximate surface area is 165 Å². The Morgan fingerprint density at radius 3 is 2.46 bits per heavy atom. The van der Waals surface area contributed by atoms with Crippen LogP contribution in [0.25, 0.3) is 0 Å². The van der Waals surface area contributed by atoms with Crippen molar-refractivity contribution < 1.29 is 9.59 Å². The SMILES string of the molecule is CCN(CC)C(=O)CN1CCCN(C(=O)Nc2ccc(Cl)c(Cl)c2)CC1. The van der Waals surface area contributed by atoms with Gasteiger partial charge in [-0.2, -0.15) is 0 Å². The van der Waals surface area contributed by atoms with E-state index >= 15 is 0 Å². The van der Waals surface area contributed by atoms with E-state index in [0.717, 1.165) is 26.1 Å². The topological polar surface area (TPSA) is 55.9 Å². The molecular weight excluding hydrogens is 375 g/mol. The van der Waals surface area contributed by atoms with Crippen LogP contribution in [-0.2, 0) is 4.79 Å². The highest BCUT2D eigenvalue weighted by molar-refractivity contribution is 6.42. The summed E-state index contributed by atoms with van der Waals surface area (Å²) < 4.78 is 0. The molecule has 0 aliphatic carbocycles. The number of carbonyl (C=O) groups is 2. The normalized spacial score (nSPS) is 15.5. The number of benzene rings is 1. The van der Waals surface area contributed by atoms with Crippen molar-refractivity contribution in [2.75, 3.05) is 51.1 Å². The molecule has 1 aliphatic heterocycles. The van der Waals surface area contributed by atoms with Crippen molar-refractivity contribution >= 4 is 40.8 Å². The zero-order chi connectivity index (χ0) is 19.1. The Morgan fingerprint density at radius 1 is 1.08 bits per heavy atom. The summed E-state index contributed by atoms with van der Waals surface area (Å²) in [4.78, 5) is 30.5. The first-order valence-corrected chi connectivity index (χ1v) is 9.71. The van der Waals surface area contributed by atoms with Gasteiger partial charge in [0.15, 0.2) is 0 Å². The summed E-state index contributed by atoms with van der Waals surface area (Å²) >= 11 is 11.9. The molecule has 2 rings (SSSR count). The minimum atomic E-state index is -0.166. The van der Waals surface area contributed by atoms with Crippen LogP contribution in [-0.4, -0.2) is 72.5 Å². The van der Waals surface area contributed by atoms with Crippen molar-refractivity contribution in [1.82, 2.24) is 14.7 Å². The van der Waals surface area contributed by atoms with Crippen LogP contribution in [0.3, 0.4) is 0 Å². The van der Waals surface area contributed by atoms with Gasteiger partial charge < -0.3 is 15.1 Å². The molecule has 1 N–H and O–H groups in total. The molecule has 1 aliphatic rings. The minimum absolute atomic E-state index is 0.142. The Kier molecular flexibility index (Phi) is 8.00. The Morgan fingerprint density at radius 2 is 1.81 bits per heavy atom. The van der Waals surface area contributed by atoms with E-state index in [-0.39, 0.29) is 11.9 Å². The Hall–Kier alpha value is -1.50. The molecule has 0 atom stereocenters. The standard InChI is InChI=1S/C18H26Cl2N4O2/c1-3-23(4-2)17(25)13-22-8-5-9-24(11-10-22)18(26)21-14-6-7-15(19)16(20)12-14/h6-7,12H,3-5,8-11,13H2,1-2H3,(H,21,26). The van der Waals surface area contributed by atoms with Gasteiger partial charge in [-0.1, -0.05) is 23.2 Å². The molecule has 1 heterocycles. The molecule has 0 spiro atoms. The van der Waals surface area contributed by atoms with Crippen LogP contribution in [0.5, 0.6) is 0 Å². The zero-order valence-electron chi connectivity index (χ0n) is 15.3. The first kappa shape index (κ1) is 20.8. The third kappa shape index (κ3) is 5.76. The summed E-state index contributed by atoms with van der Waals surface area (Å²) in [6, 6.07) is 4.84. The summed E-state index contributed by atoms with van der Waals surface area (Å²) in [5.74, 6) is 0.142. The van der Waals surface area contributed by atoms with E-state index in [9.17, 15) is 9.59 Å². The molecule has 1 aromatic rings. The average molecular weight is 401 g/mol. The largest absolute Gasteiger partial charge is 0.342 e. The third-order valence-electron chi connectivity index (χ3n) is 4.52. The highest BCUT2D eigenvalue weighted by atomic mass is 35.5. The van der Waals surface area contributed by atoms with Crippen molar-refractivity contribution in [3.05, 3.63) is 28.2 Å². The van der Waals surface area contributed by atoms with Crippen LogP contribution in [0.4, 0.5) is 10.5 Å². The van der Waals surface area contributed by atoms with Crippen LogP contribution in [0, 0.1) is 0 Å². The van der Waals surface area contributed by atoms with E-state index in [0.29, 0.717) is 41.9 Å². The second kappa shape index (κ2) is 10.00. The zero-order valence-corrected chi connectivity index (χ0v) is 16.8. The molecule has 0 saturated carbocycles. The molecule has 0 bridgehead atoms. The number of halogens is 2. The van der Waals surface area contributed by atoms with Gasteiger partial charge in [-0.3, -0.25) is 9.69 Å². The lowest BCUT2D eigenvalue weighted by Crippen LogP contribution is -2.42. The molecule has 144 valence electrons. The van der Waals surface area contributed by atoms with Gasteiger partial charge in [-0.25, -0.2) is 4.79 Å². The number of likely N-dealkylation sites (N-methyl/N-ethyl adjacent to an activating group) is 1. The maximum atomic E-state index is 12.5. The molecule has 1 aromatic carbocycles. The number of hydrogen-bond donors (Lipinski definition) is 1. The van der Waals surface area contributed by atoms with Crippen molar-refractivity contribution in [1.29, 1.82) is 0 Å². The number of amides is 3. The van der Waals surface area contributed by atoms with E-state index < -0.39 is 0 Å². The van der Waals surface area contributed by atoms with Crippen molar-refractivity contribution in [3.8, 4) is 0 Å². The van der Waals surface area contributed by atoms with Crippen LogP contribution in [0.15, 0.2) is 18.2 Å². The fourth-order valence-electron chi connectivity index (χ4n) is 2.98. The lowest BCUT2D eigenvalue weighted by Gasteiger charge is -2.25. The summed E-state index contributed by atoms with van der Waals surface area (Å²) in [5.41, 5.74) is 0.613. The molecule has 6 nitrogen and oxygen atoms in total. The second-order valence-electron chi connectivity index (χ2n) is 6.24. The number of urea groups is 1. The molecule has 26 heavy (non-hydrogen) atoms. The van der Waals surface area contributed by atoms with Crippen molar-refractivity contribution in [2.24, 2.45) is 0 Å². The molecule has 8 heteroatoms. The van der Waals surface area contributed by atoms with Gasteiger partial charge in [0.1, 0.15) is 0 Å². The van der Waals surface area contributed by atoms with Crippen LogP contribution in [0.2, 0.25) is 10.0 Å². The maximum absolute atomic E-state index is 12.5. The summed E-state index contributed by atoms with van der Waals surface area (Å²) in [5, 5.41) is 3.71.